The molecule has 0 aliphatic carbocycles. The summed E-state index contributed by atoms with van der Waals surface area (Å²) in [5.74, 6) is 0.667. The molecule has 0 aliphatic heterocycles. The predicted molar refractivity (Wildman–Crippen MR) is 138 cm³/mol. The van der Waals surface area contributed by atoms with Gasteiger partial charge in [-0.05, 0) is 47.9 Å². The van der Waals surface area contributed by atoms with E-state index in [1.54, 1.807) is 43.3 Å². The number of benzene rings is 3. The Morgan fingerprint density at radius 1 is 0.973 bits per heavy atom. The summed E-state index contributed by atoms with van der Waals surface area (Å²) in [5.41, 5.74) is 3.72. The standard InChI is InChI=1S/C28H25N5O4/c1-3-9-24-26(25(28(34)36-4-2)22-12-7-8-13-23(22)33(24)35)37-19-16-14-18(15-17-19)20-10-5-6-11-21(20)27-29-31-32-30-27/h5-8,10-17H,3-4,9H2,1-2H3,(H,29,30,31,32). The quantitative estimate of drug-likeness (QED) is 0.178. The van der Waals surface area contributed by atoms with Crippen LogP contribution in [-0.4, -0.2) is 33.2 Å². The first-order chi connectivity index (χ1) is 18.1. The SMILES string of the molecule is CCCc1c(Oc2ccc(-c3ccccc3-c3nn[nH]n3)cc2)c(C(=O)OCC)c2ccccc2[n+]1[O-]. The van der Waals surface area contributed by atoms with Gasteiger partial charge < -0.3 is 14.7 Å². The molecule has 0 amide bonds. The zero-order valence-corrected chi connectivity index (χ0v) is 20.5. The Morgan fingerprint density at radius 3 is 2.41 bits per heavy atom. The Labute approximate surface area is 213 Å². The molecule has 0 atom stereocenters. The number of aromatic nitrogens is 5. The molecule has 0 radical (unpaired) electrons. The van der Waals surface area contributed by atoms with Crippen molar-refractivity contribution in [1.29, 1.82) is 0 Å². The van der Waals surface area contributed by atoms with Gasteiger partial charge in [0.25, 0.3) is 0 Å². The van der Waals surface area contributed by atoms with Gasteiger partial charge in [-0.1, -0.05) is 55.5 Å². The number of fused-ring (bicyclic) bond motifs is 1. The number of tetrazole rings is 1. The molecule has 0 spiro atoms. The summed E-state index contributed by atoms with van der Waals surface area (Å²) in [6, 6.07) is 22.2. The van der Waals surface area contributed by atoms with Crippen molar-refractivity contribution in [2.24, 2.45) is 0 Å². The largest absolute Gasteiger partial charge is 0.618 e. The molecule has 2 heterocycles. The highest BCUT2D eigenvalue weighted by Crippen LogP contribution is 2.36. The van der Waals surface area contributed by atoms with Gasteiger partial charge in [0.2, 0.25) is 22.8 Å². The second-order valence-electron chi connectivity index (χ2n) is 8.34. The maximum Gasteiger partial charge on any atom is 0.343 e. The number of nitrogens with zero attached hydrogens (tertiary/aromatic N) is 4. The van der Waals surface area contributed by atoms with E-state index >= 15 is 0 Å². The molecular weight excluding hydrogens is 470 g/mol. The van der Waals surface area contributed by atoms with Crippen molar-refractivity contribution in [2.75, 3.05) is 6.61 Å². The van der Waals surface area contributed by atoms with Crippen LogP contribution in [0.1, 0.15) is 36.3 Å². The number of pyridine rings is 1. The summed E-state index contributed by atoms with van der Waals surface area (Å²) >= 11 is 0. The monoisotopic (exact) mass is 495 g/mol. The van der Waals surface area contributed by atoms with Gasteiger partial charge in [0.05, 0.1) is 12.0 Å². The van der Waals surface area contributed by atoms with E-state index in [4.69, 9.17) is 9.47 Å². The summed E-state index contributed by atoms with van der Waals surface area (Å²) < 4.78 is 12.5. The zero-order chi connectivity index (χ0) is 25.8. The average Bonchev–Trinajstić information content (AvgIpc) is 3.47. The lowest BCUT2D eigenvalue weighted by atomic mass is 9.99. The third-order valence-corrected chi connectivity index (χ3v) is 5.99. The third-order valence-electron chi connectivity index (χ3n) is 5.99. The molecule has 5 rings (SSSR count). The number of nitrogens with one attached hydrogen (secondary N) is 1. The highest BCUT2D eigenvalue weighted by Gasteiger charge is 2.29. The van der Waals surface area contributed by atoms with Crippen molar-refractivity contribution in [1.82, 2.24) is 20.6 Å². The van der Waals surface area contributed by atoms with Crippen molar-refractivity contribution >= 4 is 16.9 Å². The Kier molecular flexibility index (Phi) is 6.76. The smallest absolute Gasteiger partial charge is 0.343 e. The van der Waals surface area contributed by atoms with E-state index in [-0.39, 0.29) is 17.9 Å². The molecule has 0 saturated heterocycles. The normalized spacial score (nSPS) is 11.0. The van der Waals surface area contributed by atoms with Gasteiger partial charge in [-0.2, -0.15) is 9.94 Å². The molecular formula is C28H25N5O4. The summed E-state index contributed by atoms with van der Waals surface area (Å²) in [4.78, 5) is 13.1. The number of rotatable bonds is 8. The van der Waals surface area contributed by atoms with Crippen LogP contribution in [0.15, 0.2) is 72.8 Å². The highest BCUT2D eigenvalue weighted by molar-refractivity contribution is 6.05. The molecule has 0 fully saturated rings. The number of carbonyl (C=O) groups is 1. The van der Waals surface area contributed by atoms with Gasteiger partial charge >= 0.3 is 5.97 Å². The van der Waals surface area contributed by atoms with Crippen LogP contribution < -0.4 is 9.47 Å². The third kappa shape index (κ3) is 4.58. The van der Waals surface area contributed by atoms with Crippen molar-refractivity contribution in [3.05, 3.63) is 89.3 Å². The van der Waals surface area contributed by atoms with E-state index < -0.39 is 5.97 Å². The number of hydrogen-bond donors (Lipinski definition) is 1. The molecule has 37 heavy (non-hydrogen) atoms. The maximum absolute atomic E-state index is 13.3. The Bertz CT molecular complexity index is 1550. The van der Waals surface area contributed by atoms with Crippen molar-refractivity contribution < 1.29 is 19.0 Å². The number of ether oxygens (including phenoxy) is 2. The Morgan fingerprint density at radius 2 is 1.70 bits per heavy atom. The molecule has 0 aliphatic rings. The van der Waals surface area contributed by atoms with Gasteiger partial charge in [-0.3, -0.25) is 0 Å². The topological polar surface area (TPSA) is 117 Å². The summed E-state index contributed by atoms with van der Waals surface area (Å²) in [7, 11) is 0. The lowest BCUT2D eigenvalue weighted by Crippen LogP contribution is -2.34. The molecule has 9 heteroatoms. The minimum absolute atomic E-state index is 0.205. The molecule has 0 bridgehead atoms. The van der Waals surface area contributed by atoms with Gasteiger partial charge in [0.15, 0.2) is 0 Å². The molecule has 2 aromatic heterocycles. The van der Waals surface area contributed by atoms with E-state index in [2.05, 4.69) is 20.6 Å². The molecule has 3 aromatic carbocycles. The second-order valence-corrected chi connectivity index (χ2v) is 8.34. The number of esters is 1. The lowest BCUT2D eigenvalue weighted by Gasteiger charge is -2.17. The van der Waals surface area contributed by atoms with Crippen LogP contribution in [0.25, 0.3) is 33.4 Å². The lowest BCUT2D eigenvalue weighted by molar-refractivity contribution is -0.586. The first-order valence-electron chi connectivity index (χ1n) is 12.1. The summed E-state index contributed by atoms with van der Waals surface area (Å²) in [6.45, 7) is 3.92. The van der Waals surface area contributed by atoms with Crippen LogP contribution in [0, 0.1) is 5.21 Å². The van der Waals surface area contributed by atoms with E-state index in [1.807, 2.05) is 43.3 Å². The molecule has 1 N–H and O–H groups in total. The highest BCUT2D eigenvalue weighted by atomic mass is 16.5. The van der Waals surface area contributed by atoms with E-state index in [1.165, 1.54) is 0 Å². The van der Waals surface area contributed by atoms with Crippen LogP contribution in [0.4, 0.5) is 0 Å². The molecule has 0 saturated carbocycles. The van der Waals surface area contributed by atoms with E-state index in [9.17, 15) is 10.0 Å². The summed E-state index contributed by atoms with van der Waals surface area (Å²) in [6.07, 6.45) is 1.14. The predicted octanol–water partition coefficient (Wildman–Crippen LogP) is 5.24. The van der Waals surface area contributed by atoms with Gasteiger partial charge in [0.1, 0.15) is 11.3 Å². The van der Waals surface area contributed by atoms with Crippen molar-refractivity contribution in [2.45, 2.75) is 26.7 Å². The van der Waals surface area contributed by atoms with E-state index in [0.717, 1.165) is 21.4 Å². The van der Waals surface area contributed by atoms with Crippen LogP contribution in [0.3, 0.4) is 0 Å². The van der Waals surface area contributed by atoms with Gasteiger partial charge in [-0.25, -0.2) is 4.79 Å². The van der Waals surface area contributed by atoms with Gasteiger partial charge in [-0.15, -0.1) is 10.2 Å². The first-order valence-corrected chi connectivity index (χ1v) is 12.1. The minimum Gasteiger partial charge on any atom is -0.618 e. The Hall–Kier alpha value is -4.79. The maximum atomic E-state index is 13.3. The molecule has 5 aromatic rings. The molecule has 186 valence electrons. The van der Waals surface area contributed by atoms with Gasteiger partial charge in [0, 0.05) is 18.1 Å². The van der Waals surface area contributed by atoms with Crippen LogP contribution >= 0.6 is 0 Å². The van der Waals surface area contributed by atoms with Crippen molar-refractivity contribution in [3.63, 3.8) is 0 Å². The minimum atomic E-state index is -0.530. The van der Waals surface area contributed by atoms with Crippen LogP contribution in [-0.2, 0) is 11.2 Å². The first kappa shape index (κ1) is 23.9. The number of carbonyl (C=O) groups excluding carboxylic acids is 1. The fraction of sp³-hybridized carbons (Fsp3) is 0.179. The zero-order valence-electron chi connectivity index (χ0n) is 20.5. The molecule has 0 unspecified atom stereocenters. The second kappa shape index (κ2) is 10.4. The van der Waals surface area contributed by atoms with Crippen molar-refractivity contribution in [3.8, 4) is 34.0 Å². The fourth-order valence-corrected chi connectivity index (χ4v) is 4.36. The fourth-order valence-electron chi connectivity index (χ4n) is 4.36. The van der Waals surface area contributed by atoms with E-state index in [0.29, 0.717) is 41.0 Å². The number of para-hydroxylation sites is 1. The Balaban J connectivity index is 1.59. The number of H-pyrrole nitrogens is 1. The average molecular weight is 496 g/mol. The van der Waals surface area contributed by atoms with Crippen LogP contribution in [0.5, 0.6) is 11.5 Å². The molecule has 9 nitrogen and oxygen atoms in total. The summed E-state index contributed by atoms with van der Waals surface area (Å²) in [5, 5.41) is 28.1. The number of hydrogen-bond acceptors (Lipinski definition) is 7. The van der Waals surface area contributed by atoms with Crippen LogP contribution in [0.2, 0.25) is 0 Å². The number of aromatic amines is 1.